The molecule has 0 fully saturated rings. The molecule has 7 heteroatoms. The zero-order valence-electron chi connectivity index (χ0n) is 15.5. The summed E-state index contributed by atoms with van der Waals surface area (Å²) < 4.78 is 10.8. The van der Waals surface area contributed by atoms with Crippen molar-refractivity contribution in [1.82, 2.24) is 5.32 Å². The molecule has 0 saturated heterocycles. The number of hydrogen-bond acceptors (Lipinski definition) is 4. The first-order chi connectivity index (χ1) is 13.6. The Hall–Kier alpha value is -2.83. The van der Waals surface area contributed by atoms with Crippen LogP contribution in [0.2, 0.25) is 5.02 Å². The molecule has 0 radical (unpaired) electrons. The second-order valence-electron chi connectivity index (χ2n) is 6.22. The van der Waals surface area contributed by atoms with E-state index in [2.05, 4.69) is 5.32 Å². The average Bonchev–Trinajstić information content (AvgIpc) is 2.68. The maximum Gasteiger partial charge on any atom is 0.294 e. The van der Waals surface area contributed by atoms with Crippen LogP contribution in [0.3, 0.4) is 0 Å². The summed E-state index contributed by atoms with van der Waals surface area (Å²) >= 11 is 6.02. The third-order valence-corrected chi connectivity index (χ3v) is 4.36. The van der Waals surface area contributed by atoms with Crippen LogP contribution in [0.1, 0.15) is 12.0 Å². The van der Waals surface area contributed by atoms with Crippen molar-refractivity contribution < 1.29 is 19.1 Å². The van der Waals surface area contributed by atoms with Gasteiger partial charge in [0.1, 0.15) is 6.54 Å². The molecule has 2 aromatic carbocycles. The number of ether oxygens (including phenoxy) is 2. The van der Waals surface area contributed by atoms with Crippen LogP contribution in [0.15, 0.2) is 54.3 Å². The molecule has 6 nitrogen and oxygen atoms in total. The van der Waals surface area contributed by atoms with E-state index in [0.29, 0.717) is 36.0 Å². The molecule has 1 aliphatic rings. The van der Waals surface area contributed by atoms with Crippen LogP contribution in [-0.2, 0) is 14.3 Å². The second kappa shape index (κ2) is 9.39. The predicted octanol–water partition coefficient (Wildman–Crippen LogP) is 3.26. The highest BCUT2D eigenvalue weighted by Gasteiger charge is 2.31. The fraction of sp³-hybridized carbons (Fsp3) is 0.238. The molecular weight excluding hydrogens is 380 g/mol. The molecule has 0 bridgehead atoms. The van der Waals surface area contributed by atoms with Gasteiger partial charge in [0.25, 0.3) is 5.91 Å². The van der Waals surface area contributed by atoms with E-state index >= 15 is 0 Å². The molecule has 0 aromatic heterocycles. The Bertz CT molecular complexity index is 897. The van der Waals surface area contributed by atoms with Gasteiger partial charge < -0.3 is 14.8 Å². The van der Waals surface area contributed by atoms with Crippen LogP contribution in [0, 0.1) is 0 Å². The van der Waals surface area contributed by atoms with E-state index in [0.717, 1.165) is 5.56 Å². The SMILES string of the molecule is COCCCNC(=O)CN1C(=O)C(=Cc2cccc(Cl)c2)Oc2ccccc21. The van der Waals surface area contributed by atoms with E-state index in [1.165, 1.54) is 4.90 Å². The van der Waals surface area contributed by atoms with Gasteiger partial charge >= 0.3 is 0 Å². The first-order valence-corrected chi connectivity index (χ1v) is 9.28. The first-order valence-electron chi connectivity index (χ1n) is 8.90. The van der Waals surface area contributed by atoms with Crippen LogP contribution >= 0.6 is 11.6 Å². The third-order valence-electron chi connectivity index (χ3n) is 4.13. The number of rotatable bonds is 7. The van der Waals surface area contributed by atoms with Gasteiger partial charge in [0.2, 0.25) is 5.91 Å². The Labute approximate surface area is 168 Å². The molecule has 146 valence electrons. The van der Waals surface area contributed by atoms with Gasteiger partial charge in [-0.1, -0.05) is 35.9 Å². The molecule has 0 saturated carbocycles. The summed E-state index contributed by atoms with van der Waals surface area (Å²) in [5.74, 6) is 0.0182. The summed E-state index contributed by atoms with van der Waals surface area (Å²) in [5.41, 5.74) is 1.29. The number of halogens is 1. The lowest BCUT2D eigenvalue weighted by Gasteiger charge is -2.30. The van der Waals surface area contributed by atoms with E-state index in [-0.39, 0.29) is 24.1 Å². The molecule has 1 heterocycles. The maximum absolute atomic E-state index is 13.0. The van der Waals surface area contributed by atoms with E-state index < -0.39 is 0 Å². The van der Waals surface area contributed by atoms with Gasteiger partial charge in [-0.05, 0) is 42.3 Å². The molecule has 2 aromatic rings. The van der Waals surface area contributed by atoms with Gasteiger partial charge in [-0.15, -0.1) is 0 Å². The van der Waals surface area contributed by atoms with Gasteiger partial charge in [0.05, 0.1) is 5.69 Å². The summed E-state index contributed by atoms with van der Waals surface area (Å²) in [6, 6.07) is 14.2. The smallest absolute Gasteiger partial charge is 0.294 e. The number of para-hydroxylation sites is 2. The number of methoxy groups -OCH3 is 1. The number of benzene rings is 2. The highest BCUT2D eigenvalue weighted by molar-refractivity contribution is 6.30. The zero-order chi connectivity index (χ0) is 19.9. The summed E-state index contributed by atoms with van der Waals surface area (Å²) in [4.78, 5) is 26.7. The van der Waals surface area contributed by atoms with Crippen molar-refractivity contribution in [2.24, 2.45) is 0 Å². The lowest BCUT2D eigenvalue weighted by atomic mass is 10.1. The van der Waals surface area contributed by atoms with E-state index in [9.17, 15) is 9.59 Å². The zero-order valence-corrected chi connectivity index (χ0v) is 16.2. The molecule has 1 aliphatic heterocycles. The molecule has 2 amide bonds. The topological polar surface area (TPSA) is 67.9 Å². The summed E-state index contributed by atoms with van der Waals surface area (Å²) in [7, 11) is 1.61. The normalized spacial score (nSPS) is 14.6. The van der Waals surface area contributed by atoms with Crippen molar-refractivity contribution in [3.05, 3.63) is 64.9 Å². The van der Waals surface area contributed by atoms with Crippen molar-refractivity contribution in [3.8, 4) is 5.75 Å². The first kappa shape index (κ1) is 19.9. The van der Waals surface area contributed by atoms with E-state index in [4.69, 9.17) is 21.1 Å². The Kier molecular flexibility index (Phi) is 6.68. The molecule has 3 rings (SSSR count). The number of fused-ring (bicyclic) bond motifs is 1. The van der Waals surface area contributed by atoms with Crippen LogP contribution < -0.4 is 15.0 Å². The molecule has 1 N–H and O–H groups in total. The van der Waals surface area contributed by atoms with Gasteiger partial charge in [-0.25, -0.2) is 0 Å². The monoisotopic (exact) mass is 400 g/mol. The Morgan fingerprint density at radius 1 is 1.25 bits per heavy atom. The van der Waals surface area contributed by atoms with Crippen molar-refractivity contribution in [3.63, 3.8) is 0 Å². The molecule has 28 heavy (non-hydrogen) atoms. The summed E-state index contributed by atoms with van der Waals surface area (Å²) in [6.07, 6.45) is 2.32. The highest BCUT2D eigenvalue weighted by atomic mass is 35.5. The number of hydrogen-bond donors (Lipinski definition) is 1. The standard InChI is InChI=1S/C21H21ClN2O4/c1-27-11-5-10-23-20(25)14-24-17-8-2-3-9-18(17)28-19(21(24)26)13-15-6-4-7-16(22)12-15/h2-4,6-9,12-13H,5,10-11,14H2,1H3,(H,23,25). The lowest BCUT2D eigenvalue weighted by Crippen LogP contribution is -2.44. The number of nitrogens with zero attached hydrogens (tertiary/aromatic N) is 1. The second-order valence-corrected chi connectivity index (χ2v) is 6.66. The number of carbonyl (C=O) groups is 2. The van der Waals surface area contributed by atoms with Gasteiger partial charge in [0, 0.05) is 25.3 Å². The minimum Gasteiger partial charge on any atom is -0.449 e. The fourth-order valence-electron chi connectivity index (χ4n) is 2.81. The number of anilines is 1. The quantitative estimate of drug-likeness (QED) is 0.572. The fourth-order valence-corrected chi connectivity index (χ4v) is 3.01. The average molecular weight is 401 g/mol. The van der Waals surface area contributed by atoms with Crippen molar-refractivity contribution >= 4 is 35.2 Å². The molecule has 0 atom stereocenters. The predicted molar refractivity (Wildman–Crippen MR) is 108 cm³/mol. The summed E-state index contributed by atoms with van der Waals surface area (Å²) in [6.45, 7) is 0.948. The maximum atomic E-state index is 13.0. The number of nitrogens with one attached hydrogen (secondary N) is 1. The van der Waals surface area contributed by atoms with Crippen molar-refractivity contribution in [1.29, 1.82) is 0 Å². The van der Waals surface area contributed by atoms with E-state index in [1.807, 2.05) is 12.1 Å². The van der Waals surface area contributed by atoms with Gasteiger partial charge in [0.15, 0.2) is 11.5 Å². The van der Waals surface area contributed by atoms with Crippen molar-refractivity contribution in [2.45, 2.75) is 6.42 Å². The minimum absolute atomic E-state index is 0.0981. The van der Waals surface area contributed by atoms with Gasteiger partial charge in [-0.3, -0.25) is 14.5 Å². The van der Waals surface area contributed by atoms with E-state index in [1.54, 1.807) is 49.6 Å². The lowest BCUT2D eigenvalue weighted by molar-refractivity contribution is -0.123. The highest BCUT2D eigenvalue weighted by Crippen LogP contribution is 2.35. The number of carbonyl (C=O) groups excluding carboxylic acids is 2. The van der Waals surface area contributed by atoms with Crippen LogP contribution in [0.5, 0.6) is 5.75 Å². The largest absolute Gasteiger partial charge is 0.449 e. The van der Waals surface area contributed by atoms with Crippen molar-refractivity contribution in [2.75, 3.05) is 31.7 Å². The molecule has 0 unspecified atom stereocenters. The third kappa shape index (κ3) is 4.91. The summed E-state index contributed by atoms with van der Waals surface area (Å²) in [5, 5.41) is 3.36. The Morgan fingerprint density at radius 2 is 2.07 bits per heavy atom. The van der Waals surface area contributed by atoms with Crippen LogP contribution in [0.4, 0.5) is 5.69 Å². The van der Waals surface area contributed by atoms with Crippen LogP contribution in [0.25, 0.3) is 6.08 Å². The number of amides is 2. The Morgan fingerprint density at radius 3 is 2.86 bits per heavy atom. The van der Waals surface area contributed by atoms with Gasteiger partial charge in [-0.2, -0.15) is 0 Å². The molecular formula is C21H21ClN2O4. The van der Waals surface area contributed by atoms with Crippen LogP contribution in [-0.4, -0.2) is 38.6 Å². The molecule has 0 aliphatic carbocycles. The molecule has 0 spiro atoms. The minimum atomic E-state index is -0.384. The Balaban J connectivity index is 1.82.